The number of nitrogens with two attached hydrogens (primary N) is 1. The Labute approximate surface area is 67.2 Å². The highest BCUT2D eigenvalue weighted by Gasteiger charge is 2.45. The smallest absolute Gasteiger partial charge is 0.0621 e. The van der Waals surface area contributed by atoms with Gasteiger partial charge in [0.1, 0.15) is 0 Å². The minimum absolute atomic E-state index is 0.00373. The highest BCUT2D eigenvalue weighted by atomic mass is 16.3. The second-order valence-electron chi connectivity index (χ2n) is 3.79. The minimum atomic E-state index is 0.00373. The monoisotopic (exact) mass is 156 g/mol. The maximum atomic E-state index is 9.46. The first-order valence-electron chi connectivity index (χ1n) is 4.41. The van der Waals surface area contributed by atoms with Crippen molar-refractivity contribution in [1.29, 1.82) is 0 Å². The van der Waals surface area contributed by atoms with E-state index in [-0.39, 0.29) is 6.10 Å². The van der Waals surface area contributed by atoms with Crippen molar-refractivity contribution in [3.63, 3.8) is 0 Å². The average Bonchev–Trinajstić information content (AvgIpc) is 2.05. The average molecular weight is 156 g/mol. The van der Waals surface area contributed by atoms with Gasteiger partial charge in [-0.3, -0.25) is 0 Å². The number of piperidine rings is 2. The van der Waals surface area contributed by atoms with Crippen molar-refractivity contribution in [3.05, 3.63) is 0 Å². The standard InChI is InChI=1S/C8H16N2O/c9-1-2-10-4-6-3-7(5-10)8(6)11/h6-8,11H,1-5,9H2. The van der Waals surface area contributed by atoms with Gasteiger partial charge in [-0.2, -0.15) is 0 Å². The number of rotatable bonds is 2. The molecule has 3 heteroatoms. The first kappa shape index (κ1) is 7.53. The van der Waals surface area contributed by atoms with Gasteiger partial charge in [0.25, 0.3) is 0 Å². The summed E-state index contributed by atoms with van der Waals surface area (Å²) < 4.78 is 0. The zero-order valence-electron chi connectivity index (χ0n) is 6.74. The van der Waals surface area contributed by atoms with Crippen molar-refractivity contribution in [2.45, 2.75) is 12.5 Å². The van der Waals surface area contributed by atoms with Crippen LogP contribution in [-0.4, -0.2) is 42.3 Å². The molecule has 2 unspecified atom stereocenters. The molecule has 1 aliphatic carbocycles. The van der Waals surface area contributed by atoms with Crippen LogP contribution in [0, 0.1) is 11.8 Å². The summed E-state index contributed by atoms with van der Waals surface area (Å²) in [6.45, 7) is 3.87. The van der Waals surface area contributed by atoms with Crippen LogP contribution in [-0.2, 0) is 0 Å². The van der Waals surface area contributed by atoms with Crippen LogP contribution in [0.4, 0.5) is 0 Å². The van der Waals surface area contributed by atoms with Crippen LogP contribution in [0.15, 0.2) is 0 Å². The predicted octanol–water partition coefficient (Wildman–Crippen LogP) is -0.742. The number of aliphatic hydroxyl groups excluding tert-OH is 1. The maximum absolute atomic E-state index is 9.46. The van der Waals surface area contributed by atoms with E-state index in [0.29, 0.717) is 11.8 Å². The molecule has 0 radical (unpaired) electrons. The summed E-state index contributed by atoms with van der Waals surface area (Å²) >= 11 is 0. The van der Waals surface area contributed by atoms with Crippen molar-refractivity contribution in [2.75, 3.05) is 26.2 Å². The van der Waals surface area contributed by atoms with Crippen molar-refractivity contribution in [3.8, 4) is 0 Å². The number of hydrogen-bond acceptors (Lipinski definition) is 3. The Morgan fingerprint density at radius 1 is 1.36 bits per heavy atom. The molecule has 0 spiro atoms. The molecular weight excluding hydrogens is 140 g/mol. The molecule has 11 heavy (non-hydrogen) atoms. The Bertz CT molecular complexity index is 139. The van der Waals surface area contributed by atoms with Gasteiger partial charge in [0.15, 0.2) is 0 Å². The molecule has 0 amide bonds. The molecule has 2 saturated heterocycles. The van der Waals surface area contributed by atoms with Gasteiger partial charge in [-0.15, -0.1) is 0 Å². The summed E-state index contributed by atoms with van der Waals surface area (Å²) in [4.78, 5) is 2.37. The first-order valence-corrected chi connectivity index (χ1v) is 4.41. The van der Waals surface area contributed by atoms with Crippen LogP contribution in [0.2, 0.25) is 0 Å². The molecule has 64 valence electrons. The van der Waals surface area contributed by atoms with E-state index in [1.165, 1.54) is 6.42 Å². The van der Waals surface area contributed by atoms with Crippen LogP contribution >= 0.6 is 0 Å². The second kappa shape index (κ2) is 2.73. The molecule has 2 atom stereocenters. The Balaban J connectivity index is 1.84. The van der Waals surface area contributed by atoms with Gasteiger partial charge in [0.2, 0.25) is 0 Å². The van der Waals surface area contributed by atoms with E-state index in [9.17, 15) is 5.11 Å². The summed E-state index contributed by atoms with van der Waals surface area (Å²) in [6, 6.07) is 0. The lowest BCUT2D eigenvalue weighted by Crippen LogP contribution is -2.58. The molecule has 3 rings (SSSR count). The Morgan fingerprint density at radius 3 is 2.45 bits per heavy atom. The van der Waals surface area contributed by atoms with E-state index in [1.807, 2.05) is 0 Å². The molecule has 1 saturated carbocycles. The van der Waals surface area contributed by atoms with Crippen molar-refractivity contribution in [2.24, 2.45) is 17.6 Å². The fourth-order valence-electron chi connectivity index (χ4n) is 2.32. The summed E-state index contributed by atoms with van der Waals surface area (Å²) in [6.07, 6.45) is 1.24. The zero-order valence-corrected chi connectivity index (χ0v) is 6.74. The SMILES string of the molecule is NCCN1CC2CC(C1)C2O. The maximum Gasteiger partial charge on any atom is 0.0621 e. The fraction of sp³-hybridized carbons (Fsp3) is 1.00. The van der Waals surface area contributed by atoms with Gasteiger partial charge in [0, 0.05) is 26.2 Å². The molecule has 0 aromatic heterocycles. The lowest BCUT2D eigenvalue weighted by molar-refractivity contribution is -0.106. The van der Waals surface area contributed by atoms with E-state index < -0.39 is 0 Å². The van der Waals surface area contributed by atoms with Crippen molar-refractivity contribution in [1.82, 2.24) is 4.90 Å². The highest BCUT2D eigenvalue weighted by Crippen LogP contribution is 2.39. The lowest BCUT2D eigenvalue weighted by atomic mass is 9.68. The van der Waals surface area contributed by atoms with Crippen LogP contribution in [0.25, 0.3) is 0 Å². The van der Waals surface area contributed by atoms with Crippen LogP contribution in [0.5, 0.6) is 0 Å². The second-order valence-corrected chi connectivity index (χ2v) is 3.79. The van der Waals surface area contributed by atoms with E-state index in [1.54, 1.807) is 0 Å². The number of hydrogen-bond donors (Lipinski definition) is 2. The molecule has 3 fully saturated rings. The number of fused-ring (bicyclic) bond motifs is 2. The molecular formula is C8H16N2O. The van der Waals surface area contributed by atoms with Crippen molar-refractivity contribution >= 4 is 0 Å². The highest BCUT2D eigenvalue weighted by molar-refractivity contribution is 4.97. The molecule has 3 N–H and O–H groups in total. The molecule has 2 heterocycles. The van der Waals surface area contributed by atoms with E-state index in [4.69, 9.17) is 5.73 Å². The normalized spacial score (nSPS) is 43.6. The molecule has 0 aromatic carbocycles. The fourth-order valence-corrected chi connectivity index (χ4v) is 2.32. The van der Waals surface area contributed by atoms with Crippen LogP contribution in [0.3, 0.4) is 0 Å². The van der Waals surface area contributed by atoms with Gasteiger partial charge in [0.05, 0.1) is 6.10 Å². The summed E-state index contributed by atoms with van der Waals surface area (Å²) in [5.41, 5.74) is 5.45. The third kappa shape index (κ3) is 1.17. The van der Waals surface area contributed by atoms with Crippen molar-refractivity contribution < 1.29 is 5.11 Å². The molecule has 0 aromatic rings. The molecule has 2 bridgehead atoms. The summed E-state index contributed by atoms with van der Waals surface area (Å²) in [7, 11) is 0. The van der Waals surface area contributed by atoms with Gasteiger partial charge < -0.3 is 15.7 Å². The zero-order chi connectivity index (χ0) is 7.84. The molecule has 3 nitrogen and oxygen atoms in total. The van der Waals surface area contributed by atoms with Gasteiger partial charge in [-0.25, -0.2) is 0 Å². The first-order chi connectivity index (χ1) is 5.31. The molecule has 3 aliphatic rings. The topological polar surface area (TPSA) is 49.5 Å². The van der Waals surface area contributed by atoms with E-state index in [0.717, 1.165) is 26.2 Å². The third-order valence-electron chi connectivity index (χ3n) is 3.00. The van der Waals surface area contributed by atoms with Crippen LogP contribution in [0.1, 0.15) is 6.42 Å². The largest absolute Gasteiger partial charge is 0.392 e. The van der Waals surface area contributed by atoms with Gasteiger partial charge >= 0.3 is 0 Å². The van der Waals surface area contributed by atoms with E-state index in [2.05, 4.69) is 4.90 Å². The lowest BCUT2D eigenvalue weighted by Gasteiger charge is -2.51. The Hall–Kier alpha value is -0.120. The quantitative estimate of drug-likeness (QED) is 0.553. The van der Waals surface area contributed by atoms with Gasteiger partial charge in [-0.05, 0) is 18.3 Å². The summed E-state index contributed by atoms with van der Waals surface area (Å²) in [5, 5.41) is 9.46. The minimum Gasteiger partial charge on any atom is -0.392 e. The molecule has 2 aliphatic heterocycles. The van der Waals surface area contributed by atoms with Crippen LogP contribution < -0.4 is 5.73 Å². The Morgan fingerprint density at radius 2 is 2.00 bits per heavy atom. The van der Waals surface area contributed by atoms with E-state index >= 15 is 0 Å². The third-order valence-corrected chi connectivity index (χ3v) is 3.00. The Kier molecular flexibility index (Phi) is 1.87. The van der Waals surface area contributed by atoms with Gasteiger partial charge in [-0.1, -0.05) is 0 Å². The predicted molar refractivity (Wildman–Crippen MR) is 43.1 cm³/mol. The summed E-state index contributed by atoms with van der Waals surface area (Å²) in [5.74, 6) is 1.11. The number of aliphatic hydroxyl groups is 1. The number of nitrogens with zero attached hydrogens (tertiary/aromatic N) is 1.